The fourth-order valence-electron chi connectivity index (χ4n) is 4.62. The van der Waals surface area contributed by atoms with Crippen LogP contribution < -0.4 is 5.32 Å². The van der Waals surface area contributed by atoms with E-state index < -0.39 is 12.1 Å². The average molecular weight is 513 g/mol. The maximum Gasteiger partial charge on any atom is 0.395 e. The second-order valence-corrected chi connectivity index (χ2v) is 9.61. The number of hydrogen-bond donors (Lipinski definition) is 1. The first-order valence-corrected chi connectivity index (χ1v) is 12.4. The zero-order chi connectivity index (χ0) is 26.6. The van der Waals surface area contributed by atoms with Gasteiger partial charge in [-0.15, -0.1) is 0 Å². The van der Waals surface area contributed by atoms with Crippen LogP contribution in [0.3, 0.4) is 0 Å². The van der Waals surface area contributed by atoms with Gasteiger partial charge in [-0.05, 0) is 61.4 Å². The van der Waals surface area contributed by atoms with Gasteiger partial charge in [0, 0.05) is 31.2 Å². The minimum atomic E-state index is -4.29. The van der Waals surface area contributed by atoms with E-state index in [4.69, 9.17) is 0 Å². The molecule has 1 aromatic heterocycles. The Hall–Kier alpha value is -3.62. The number of rotatable bonds is 7. The number of carbonyl (C=O) groups excluding carboxylic acids is 2. The van der Waals surface area contributed by atoms with Crippen LogP contribution in [0.1, 0.15) is 54.1 Å². The summed E-state index contributed by atoms with van der Waals surface area (Å²) in [5.74, 6) is -0.509. The molecule has 1 atom stereocenters. The molecule has 3 aromatic rings. The first kappa shape index (κ1) is 26.4. The molecule has 6 nitrogen and oxygen atoms in total. The second kappa shape index (κ2) is 11.2. The van der Waals surface area contributed by atoms with E-state index in [1.807, 2.05) is 46.9 Å². The van der Waals surface area contributed by atoms with E-state index in [0.717, 1.165) is 25.6 Å². The van der Waals surface area contributed by atoms with Gasteiger partial charge in [-0.25, -0.2) is 4.98 Å². The summed E-state index contributed by atoms with van der Waals surface area (Å²) in [4.78, 5) is 31.1. The van der Waals surface area contributed by atoms with Crippen LogP contribution in [0.2, 0.25) is 0 Å². The Balaban J connectivity index is 1.25. The number of amides is 2. The number of benzene rings is 2. The largest absolute Gasteiger partial charge is 0.395 e. The van der Waals surface area contributed by atoms with Gasteiger partial charge >= 0.3 is 6.18 Å². The maximum atomic E-state index is 12.9. The Morgan fingerprint density at radius 3 is 2.27 bits per heavy atom. The molecular weight excluding hydrogens is 481 g/mol. The number of anilines is 1. The Kier molecular flexibility index (Phi) is 8.00. The number of carbonyl (C=O) groups is 2. The maximum absolute atomic E-state index is 12.9. The van der Waals surface area contributed by atoms with Crippen molar-refractivity contribution in [3.63, 3.8) is 0 Å². The van der Waals surface area contributed by atoms with Gasteiger partial charge in [0.2, 0.25) is 11.8 Å². The van der Waals surface area contributed by atoms with Gasteiger partial charge in [-0.3, -0.25) is 9.59 Å². The van der Waals surface area contributed by atoms with E-state index in [1.54, 1.807) is 18.3 Å². The summed E-state index contributed by atoms with van der Waals surface area (Å²) >= 11 is 0. The molecule has 0 radical (unpaired) electrons. The van der Waals surface area contributed by atoms with Crippen molar-refractivity contribution in [2.24, 2.45) is 0 Å². The van der Waals surface area contributed by atoms with Gasteiger partial charge in [0.1, 0.15) is 12.4 Å². The van der Waals surface area contributed by atoms with Crippen molar-refractivity contribution < 1.29 is 22.8 Å². The van der Waals surface area contributed by atoms with Crippen LogP contribution in [0.25, 0.3) is 0 Å². The predicted molar refractivity (Wildman–Crippen MR) is 135 cm³/mol. The molecule has 1 aliphatic heterocycles. The number of aryl methyl sites for hydroxylation is 1. The normalized spacial score (nSPS) is 15.4. The molecule has 2 aromatic carbocycles. The number of piperidine rings is 1. The van der Waals surface area contributed by atoms with Gasteiger partial charge < -0.3 is 14.8 Å². The summed E-state index contributed by atoms with van der Waals surface area (Å²) in [6, 6.07) is 13.7. The van der Waals surface area contributed by atoms with E-state index in [1.165, 1.54) is 17.7 Å². The topological polar surface area (TPSA) is 67.2 Å². The van der Waals surface area contributed by atoms with Crippen molar-refractivity contribution in [3.05, 3.63) is 83.4 Å². The number of halogens is 3. The Morgan fingerprint density at radius 2 is 1.70 bits per heavy atom. The Morgan fingerprint density at radius 1 is 1.05 bits per heavy atom. The summed E-state index contributed by atoms with van der Waals surface area (Å²) in [6.07, 6.45) is 1.05. The molecule has 9 heteroatoms. The quantitative estimate of drug-likeness (QED) is 0.458. The SMILES string of the molecule is Cc1nccn1CC(=O)N1CCC(c2ccc(NC(=O)Cc3ccc(C(C)C(F)(F)F)cc3)cc2)CC1. The van der Waals surface area contributed by atoms with Crippen LogP contribution in [-0.2, 0) is 22.6 Å². The van der Waals surface area contributed by atoms with E-state index in [2.05, 4.69) is 10.3 Å². The minimum Gasteiger partial charge on any atom is -0.341 e. The molecule has 0 saturated carbocycles. The Bertz CT molecular complexity index is 1210. The molecule has 4 rings (SSSR count). The van der Waals surface area contributed by atoms with E-state index >= 15 is 0 Å². The highest BCUT2D eigenvalue weighted by atomic mass is 19.4. The van der Waals surface area contributed by atoms with Gasteiger partial charge in [0.25, 0.3) is 0 Å². The van der Waals surface area contributed by atoms with Crippen LogP contribution in [0.5, 0.6) is 0 Å². The van der Waals surface area contributed by atoms with Crippen molar-refractivity contribution in [3.8, 4) is 0 Å². The highest BCUT2D eigenvalue weighted by Crippen LogP contribution is 2.34. The smallest absolute Gasteiger partial charge is 0.341 e. The van der Waals surface area contributed by atoms with E-state index in [-0.39, 0.29) is 23.8 Å². The number of aromatic nitrogens is 2. The van der Waals surface area contributed by atoms with Gasteiger partial charge in [-0.1, -0.05) is 36.4 Å². The lowest BCUT2D eigenvalue weighted by molar-refractivity contribution is -0.146. The lowest BCUT2D eigenvalue weighted by Gasteiger charge is -2.32. The van der Waals surface area contributed by atoms with Gasteiger partial charge in [-0.2, -0.15) is 13.2 Å². The van der Waals surface area contributed by atoms with Gasteiger partial charge in [0.05, 0.1) is 12.3 Å². The first-order valence-electron chi connectivity index (χ1n) is 12.4. The third kappa shape index (κ3) is 6.78. The van der Waals surface area contributed by atoms with Crippen molar-refractivity contribution in [1.82, 2.24) is 14.5 Å². The van der Waals surface area contributed by atoms with Gasteiger partial charge in [0.15, 0.2) is 0 Å². The molecule has 196 valence electrons. The van der Waals surface area contributed by atoms with Crippen LogP contribution >= 0.6 is 0 Å². The van der Waals surface area contributed by atoms with Crippen molar-refractivity contribution in [1.29, 1.82) is 0 Å². The molecule has 1 N–H and O–H groups in total. The van der Waals surface area contributed by atoms with Crippen LogP contribution in [0.4, 0.5) is 18.9 Å². The van der Waals surface area contributed by atoms with E-state index in [9.17, 15) is 22.8 Å². The lowest BCUT2D eigenvalue weighted by atomic mass is 9.89. The molecule has 37 heavy (non-hydrogen) atoms. The number of imidazole rings is 1. The molecule has 1 aliphatic rings. The molecule has 1 unspecified atom stereocenters. The lowest BCUT2D eigenvalue weighted by Crippen LogP contribution is -2.39. The number of nitrogens with one attached hydrogen (secondary N) is 1. The third-order valence-electron chi connectivity index (χ3n) is 7.08. The first-order chi connectivity index (χ1) is 17.6. The average Bonchev–Trinajstić information content (AvgIpc) is 3.28. The molecule has 0 spiro atoms. The van der Waals surface area contributed by atoms with Crippen LogP contribution in [0, 0.1) is 6.92 Å². The van der Waals surface area contributed by atoms with Crippen molar-refractivity contribution in [2.45, 2.75) is 57.7 Å². The highest BCUT2D eigenvalue weighted by molar-refractivity contribution is 5.92. The van der Waals surface area contributed by atoms with Crippen LogP contribution in [-0.4, -0.2) is 45.5 Å². The van der Waals surface area contributed by atoms with Crippen molar-refractivity contribution >= 4 is 17.5 Å². The molecular formula is C28H31F3N4O2. The number of alkyl halides is 3. The molecule has 1 saturated heterocycles. The highest BCUT2D eigenvalue weighted by Gasteiger charge is 2.36. The summed E-state index contributed by atoms with van der Waals surface area (Å²) in [5, 5.41) is 2.85. The fourth-order valence-corrected chi connectivity index (χ4v) is 4.62. The molecule has 2 heterocycles. The summed E-state index contributed by atoms with van der Waals surface area (Å²) in [5.41, 5.74) is 2.66. The molecule has 0 bridgehead atoms. The standard InChI is InChI=1S/C28H31F3N4O2/c1-19(28(29,30)31)22-5-3-21(4-6-22)17-26(36)33-25-9-7-23(8-10-25)24-11-14-34(15-12-24)27(37)18-35-16-13-32-20(35)2/h3-10,13,16,19,24H,11-12,14-15,17-18H2,1-2H3,(H,33,36). The number of nitrogens with zero attached hydrogens (tertiary/aromatic N) is 3. The molecule has 2 amide bonds. The summed E-state index contributed by atoms with van der Waals surface area (Å²) < 4.78 is 40.5. The summed E-state index contributed by atoms with van der Waals surface area (Å²) in [6.45, 7) is 4.72. The Labute approximate surface area is 214 Å². The third-order valence-corrected chi connectivity index (χ3v) is 7.08. The minimum absolute atomic E-state index is 0.0769. The second-order valence-electron chi connectivity index (χ2n) is 9.61. The molecule has 1 fully saturated rings. The zero-order valence-electron chi connectivity index (χ0n) is 21.0. The van der Waals surface area contributed by atoms with Crippen molar-refractivity contribution in [2.75, 3.05) is 18.4 Å². The predicted octanol–water partition coefficient (Wildman–Crippen LogP) is 5.44. The monoisotopic (exact) mass is 512 g/mol. The van der Waals surface area contributed by atoms with Crippen LogP contribution in [0.15, 0.2) is 60.9 Å². The number of likely N-dealkylation sites (tertiary alicyclic amines) is 1. The fraction of sp³-hybridized carbons (Fsp3) is 0.393. The zero-order valence-corrected chi connectivity index (χ0v) is 21.0. The van der Waals surface area contributed by atoms with E-state index in [0.29, 0.717) is 36.8 Å². The summed E-state index contributed by atoms with van der Waals surface area (Å²) in [7, 11) is 0. The molecule has 0 aliphatic carbocycles. The number of hydrogen-bond acceptors (Lipinski definition) is 3.